The summed E-state index contributed by atoms with van der Waals surface area (Å²) in [7, 11) is 0. The van der Waals surface area contributed by atoms with E-state index in [9.17, 15) is 9.18 Å². The molecule has 5 heteroatoms. The van der Waals surface area contributed by atoms with Crippen LogP contribution in [0, 0.1) is 11.2 Å². The Bertz CT molecular complexity index is 710. The van der Waals surface area contributed by atoms with Gasteiger partial charge in [0.2, 0.25) is 0 Å². The molecule has 25 heavy (non-hydrogen) atoms. The normalized spacial score (nSPS) is 23.7. The maximum Gasteiger partial charge on any atom is 0.410 e. The highest BCUT2D eigenvalue weighted by atomic mass is 35.5. The first-order chi connectivity index (χ1) is 11.7. The number of benzene rings is 1. The van der Waals surface area contributed by atoms with Gasteiger partial charge in [-0.25, -0.2) is 9.18 Å². The zero-order valence-electron chi connectivity index (χ0n) is 15.1. The molecule has 1 aromatic carbocycles. The molecule has 1 saturated heterocycles. The summed E-state index contributed by atoms with van der Waals surface area (Å²) >= 11 is 5.84. The number of hydrogen-bond acceptors (Lipinski definition) is 2. The van der Waals surface area contributed by atoms with Crippen molar-refractivity contribution in [2.45, 2.75) is 52.1 Å². The molecule has 1 aliphatic heterocycles. The summed E-state index contributed by atoms with van der Waals surface area (Å²) in [6.45, 7) is 7.09. The number of ether oxygens (including phenoxy) is 1. The lowest BCUT2D eigenvalue weighted by Crippen LogP contribution is -2.37. The van der Waals surface area contributed by atoms with Crippen LogP contribution in [0.25, 0.3) is 5.57 Å². The first-order valence-electron chi connectivity index (χ1n) is 8.80. The summed E-state index contributed by atoms with van der Waals surface area (Å²) in [5.74, 6) is -0.267. The van der Waals surface area contributed by atoms with E-state index in [1.165, 1.54) is 6.07 Å². The molecule has 1 aromatic rings. The van der Waals surface area contributed by atoms with Crippen molar-refractivity contribution < 1.29 is 13.9 Å². The Hall–Kier alpha value is -1.55. The number of amides is 1. The molecule has 1 unspecified atom stereocenters. The summed E-state index contributed by atoms with van der Waals surface area (Å²) in [6.07, 6.45) is 5.51. The van der Waals surface area contributed by atoms with Crippen LogP contribution in [-0.2, 0) is 4.74 Å². The number of likely N-dealkylation sites (tertiary alicyclic amines) is 1. The molecular formula is C20H25ClFNO2. The monoisotopic (exact) mass is 365 g/mol. The molecule has 136 valence electrons. The van der Waals surface area contributed by atoms with Crippen LogP contribution in [0.15, 0.2) is 24.3 Å². The van der Waals surface area contributed by atoms with E-state index in [0.717, 1.165) is 44.3 Å². The minimum absolute atomic E-state index is 0.101. The molecule has 0 radical (unpaired) electrons. The Balaban J connectivity index is 1.67. The molecule has 0 N–H and O–H groups in total. The quantitative estimate of drug-likeness (QED) is 0.641. The standard InChI is InChI=1S/C20H25ClFNO2/c1-19(2,3)25-18(24)23-11-10-20(13-23)8-6-14(7-9-20)16-5-4-15(21)12-17(16)22/h4-6,12H,7-11,13H2,1-3H3. The van der Waals surface area contributed by atoms with Crippen molar-refractivity contribution in [2.24, 2.45) is 5.41 Å². The van der Waals surface area contributed by atoms with E-state index in [4.69, 9.17) is 16.3 Å². The highest BCUT2D eigenvalue weighted by Crippen LogP contribution is 2.45. The fraction of sp³-hybridized carbons (Fsp3) is 0.550. The van der Waals surface area contributed by atoms with E-state index < -0.39 is 5.60 Å². The average Bonchev–Trinajstić information content (AvgIpc) is 2.91. The summed E-state index contributed by atoms with van der Waals surface area (Å²) in [6, 6.07) is 4.84. The highest BCUT2D eigenvalue weighted by molar-refractivity contribution is 6.30. The van der Waals surface area contributed by atoms with Gasteiger partial charge in [-0.15, -0.1) is 0 Å². The van der Waals surface area contributed by atoms with Crippen LogP contribution in [0.3, 0.4) is 0 Å². The van der Waals surface area contributed by atoms with Gasteiger partial charge < -0.3 is 9.64 Å². The number of allylic oxidation sites excluding steroid dienone is 2. The van der Waals surface area contributed by atoms with Gasteiger partial charge in [0.1, 0.15) is 11.4 Å². The highest BCUT2D eigenvalue weighted by Gasteiger charge is 2.41. The largest absolute Gasteiger partial charge is 0.444 e. The second-order valence-electron chi connectivity index (χ2n) is 8.21. The van der Waals surface area contributed by atoms with Crippen LogP contribution < -0.4 is 0 Å². The van der Waals surface area contributed by atoms with Crippen LogP contribution in [0.4, 0.5) is 9.18 Å². The fourth-order valence-electron chi connectivity index (χ4n) is 3.73. The third-order valence-corrected chi connectivity index (χ3v) is 5.31. The Morgan fingerprint density at radius 3 is 2.68 bits per heavy atom. The molecule has 3 nitrogen and oxygen atoms in total. The number of carbonyl (C=O) groups excluding carboxylic acids is 1. The lowest BCUT2D eigenvalue weighted by molar-refractivity contribution is 0.0270. The molecule has 1 spiro atoms. The second kappa shape index (κ2) is 6.64. The molecule has 0 aromatic heterocycles. The molecule has 2 aliphatic rings. The van der Waals surface area contributed by atoms with E-state index in [1.54, 1.807) is 12.1 Å². The van der Waals surface area contributed by atoms with E-state index in [0.29, 0.717) is 10.6 Å². The topological polar surface area (TPSA) is 29.5 Å². The van der Waals surface area contributed by atoms with Gasteiger partial charge in [0.15, 0.2) is 0 Å². The fourth-order valence-corrected chi connectivity index (χ4v) is 3.89. The van der Waals surface area contributed by atoms with Gasteiger partial charge in [-0.1, -0.05) is 23.7 Å². The molecule has 0 saturated carbocycles. The summed E-state index contributed by atoms with van der Waals surface area (Å²) in [5.41, 5.74) is 1.30. The number of nitrogens with zero attached hydrogens (tertiary/aromatic N) is 1. The second-order valence-corrected chi connectivity index (χ2v) is 8.65. The molecule has 1 heterocycles. The molecule has 3 rings (SSSR count). The zero-order chi connectivity index (χ0) is 18.2. The number of hydrogen-bond donors (Lipinski definition) is 0. The van der Waals surface area contributed by atoms with Crippen LogP contribution in [0.2, 0.25) is 5.02 Å². The summed E-state index contributed by atoms with van der Waals surface area (Å²) in [4.78, 5) is 14.1. The lowest BCUT2D eigenvalue weighted by Gasteiger charge is -2.33. The zero-order valence-corrected chi connectivity index (χ0v) is 15.8. The number of rotatable bonds is 1. The Kier molecular flexibility index (Phi) is 4.84. The van der Waals surface area contributed by atoms with E-state index in [-0.39, 0.29) is 17.3 Å². The third kappa shape index (κ3) is 4.17. The lowest BCUT2D eigenvalue weighted by atomic mass is 9.73. The first kappa shape index (κ1) is 18.2. The molecule has 0 bridgehead atoms. The predicted molar refractivity (Wildman–Crippen MR) is 98.1 cm³/mol. The van der Waals surface area contributed by atoms with Crippen molar-refractivity contribution >= 4 is 23.3 Å². The number of carbonyl (C=O) groups is 1. The Labute approximate surface area is 153 Å². The van der Waals surface area contributed by atoms with E-state index in [1.807, 2.05) is 25.7 Å². The maximum absolute atomic E-state index is 14.1. The smallest absolute Gasteiger partial charge is 0.410 e. The van der Waals surface area contributed by atoms with Crippen molar-refractivity contribution in [2.75, 3.05) is 13.1 Å². The van der Waals surface area contributed by atoms with E-state index in [2.05, 4.69) is 6.08 Å². The third-order valence-electron chi connectivity index (χ3n) is 5.07. The molecular weight excluding hydrogens is 341 g/mol. The number of halogens is 2. The van der Waals surface area contributed by atoms with Gasteiger partial charge in [-0.2, -0.15) is 0 Å². The minimum Gasteiger partial charge on any atom is -0.444 e. The van der Waals surface area contributed by atoms with Crippen LogP contribution in [0.5, 0.6) is 0 Å². The molecule has 1 atom stereocenters. The summed E-state index contributed by atoms with van der Waals surface area (Å²) < 4.78 is 19.6. The van der Waals surface area contributed by atoms with E-state index >= 15 is 0 Å². The average molecular weight is 366 g/mol. The van der Waals surface area contributed by atoms with Crippen LogP contribution in [0.1, 0.15) is 52.0 Å². The van der Waals surface area contributed by atoms with Crippen LogP contribution in [-0.4, -0.2) is 29.7 Å². The van der Waals surface area contributed by atoms with Crippen molar-refractivity contribution in [3.8, 4) is 0 Å². The summed E-state index contributed by atoms with van der Waals surface area (Å²) in [5, 5.41) is 0.415. The SMILES string of the molecule is CC(C)(C)OC(=O)N1CCC2(CC=C(c3ccc(Cl)cc3F)CC2)C1. The Morgan fingerprint density at radius 1 is 1.32 bits per heavy atom. The van der Waals surface area contributed by atoms with Crippen molar-refractivity contribution in [1.82, 2.24) is 4.90 Å². The van der Waals surface area contributed by atoms with Crippen molar-refractivity contribution in [3.63, 3.8) is 0 Å². The Morgan fingerprint density at radius 2 is 2.08 bits per heavy atom. The van der Waals surface area contributed by atoms with Crippen LogP contribution >= 0.6 is 11.6 Å². The van der Waals surface area contributed by atoms with Gasteiger partial charge in [0, 0.05) is 23.7 Å². The van der Waals surface area contributed by atoms with Gasteiger partial charge in [0.05, 0.1) is 0 Å². The molecule has 1 amide bonds. The van der Waals surface area contributed by atoms with Crippen molar-refractivity contribution in [3.05, 3.63) is 40.7 Å². The predicted octanol–water partition coefficient (Wildman–Crippen LogP) is 5.67. The van der Waals surface area contributed by atoms with Crippen molar-refractivity contribution in [1.29, 1.82) is 0 Å². The first-order valence-corrected chi connectivity index (χ1v) is 9.18. The van der Waals surface area contributed by atoms with Gasteiger partial charge >= 0.3 is 6.09 Å². The maximum atomic E-state index is 14.1. The van der Waals surface area contributed by atoms with Gasteiger partial charge in [-0.3, -0.25) is 0 Å². The molecule has 1 aliphatic carbocycles. The minimum atomic E-state index is -0.474. The molecule has 1 fully saturated rings. The van der Waals surface area contributed by atoms with Gasteiger partial charge in [0.25, 0.3) is 0 Å². The van der Waals surface area contributed by atoms with Gasteiger partial charge in [-0.05, 0) is 69.6 Å².